The fraction of sp³-hybridized carbons (Fsp3) is 0.588. The molecule has 2 rings (SSSR count). The number of carbonyl (C=O) groups is 1. The van der Waals surface area contributed by atoms with Crippen molar-refractivity contribution in [3.05, 3.63) is 29.8 Å². The predicted molar refractivity (Wildman–Crippen MR) is 88.9 cm³/mol. The summed E-state index contributed by atoms with van der Waals surface area (Å²) in [7, 11) is 0. The smallest absolute Gasteiger partial charge is 0.281 e. The van der Waals surface area contributed by atoms with E-state index in [-0.39, 0.29) is 11.3 Å². The number of amides is 1. The Morgan fingerprint density at radius 2 is 1.76 bits per heavy atom. The van der Waals surface area contributed by atoms with Gasteiger partial charge in [0.25, 0.3) is 5.24 Å². The highest BCUT2D eigenvalue weighted by Crippen LogP contribution is 2.21. The van der Waals surface area contributed by atoms with Gasteiger partial charge < -0.3 is 9.64 Å². The van der Waals surface area contributed by atoms with Gasteiger partial charge in [0.15, 0.2) is 0 Å². The first-order valence-corrected chi connectivity index (χ1v) is 8.81. The molecule has 0 aliphatic carbocycles. The molecule has 0 radical (unpaired) electrons. The Balaban J connectivity index is 1.80. The number of rotatable bonds is 4. The van der Waals surface area contributed by atoms with E-state index in [0.29, 0.717) is 0 Å². The molecular formula is C17H25NO2S. The van der Waals surface area contributed by atoms with Crippen LogP contribution in [0.3, 0.4) is 0 Å². The molecule has 0 N–H and O–H groups in total. The minimum atomic E-state index is 0.190. The highest BCUT2D eigenvalue weighted by Gasteiger charge is 2.15. The van der Waals surface area contributed by atoms with Crippen LogP contribution >= 0.6 is 11.8 Å². The summed E-state index contributed by atoms with van der Waals surface area (Å²) < 4.78 is 5.62. The van der Waals surface area contributed by atoms with E-state index >= 15 is 0 Å². The second-order valence-electron chi connectivity index (χ2n) is 5.77. The van der Waals surface area contributed by atoms with Gasteiger partial charge in [0.05, 0.1) is 6.10 Å². The van der Waals surface area contributed by atoms with Crippen LogP contribution in [0, 0.1) is 0 Å². The molecule has 21 heavy (non-hydrogen) atoms. The minimum absolute atomic E-state index is 0.190. The third kappa shape index (κ3) is 5.62. The van der Waals surface area contributed by atoms with Crippen molar-refractivity contribution in [3.63, 3.8) is 0 Å². The van der Waals surface area contributed by atoms with Crippen molar-refractivity contribution >= 4 is 17.0 Å². The van der Waals surface area contributed by atoms with E-state index in [0.717, 1.165) is 37.4 Å². The Hall–Kier alpha value is -1.16. The van der Waals surface area contributed by atoms with Crippen molar-refractivity contribution in [2.24, 2.45) is 0 Å². The number of hydrogen-bond donors (Lipinski definition) is 0. The minimum Gasteiger partial charge on any atom is -0.491 e. The summed E-state index contributed by atoms with van der Waals surface area (Å²) in [5.74, 6) is 1.62. The van der Waals surface area contributed by atoms with Gasteiger partial charge in [-0.2, -0.15) is 0 Å². The lowest BCUT2D eigenvalue weighted by molar-refractivity contribution is 0.225. The summed E-state index contributed by atoms with van der Waals surface area (Å²) in [6.07, 6.45) is 4.99. The molecule has 116 valence electrons. The van der Waals surface area contributed by atoms with Crippen molar-refractivity contribution in [1.29, 1.82) is 0 Å². The van der Waals surface area contributed by atoms with Crippen molar-refractivity contribution in [3.8, 4) is 5.75 Å². The summed E-state index contributed by atoms with van der Waals surface area (Å²) in [6.45, 7) is 5.88. The monoisotopic (exact) mass is 307 g/mol. The molecule has 1 aliphatic rings. The van der Waals surface area contributed by atoms with Crippen LogP contribution < -0.4 is 4.74 Å². The van der Waals surface area contributed by atoms with Gasteiger partial charge in [-0.15, -0.1) is 0 Å². The quantitative estimate of drug-likeness (QED) is 0.807. The van der Waals surface area contributed by atoms with Gasteiger partial charge in [0.2, 0.25) is 0 Å². The van der Waals surface area contributed by atoms with E-state index < -0.39 is 0 Å². The van der Waals surface area contributed by atoms with E-state index in [4.69, 9.17) is 4.74 Å². The van der Waals surface area contributed by atoms with Crippen LogP contribution in [0.5, 0.6) is 5.75 Å². The van der Waals surface area contributed by atoms with Crippen LogP contribution in [0.2, 0.25) is 0 Å². The molecule has 1 fully saturated rings. The van der Waals surface area contributed by atoms with Crippen molar-refractivity contribution in [1.82, 2.24) is 4.90 Å². The van der Waals surface area contributed by atoms with Gasteiger partial charge in [0.1, 0.15) is 5.75 Å². The molecule has 1 heterocycles. The average molecular weight is 307 g/mol. The first-order chi connectivity index (χ1) is 10.1. The fourth-order valence-electron chi connectivity index (χ4n) is 2.43. The molecule has 1 amide bonds. The van der Waals surface area contributed by atoms with Crippen molar-refractivity contribution in [2.45, 2.75) is 51.4 Å². The van der Waals surface area contributed by atoms with E-state index in [9.17, 15) is 4.79 Å². The third-order valence-electron chi connectivity index (χ3n) is 3.52. The first kappa shape index (κ1) is 16.2. The molecule has 0 aromatic heterocycles. The Bertz CT molecular complexity index is 437. The molecular weight excluding hydrogens is 282 g/mol. The molecule has 0 spiro atoms. The largest absolute Gasteiger partial charge is 0.491 e. The Labute approximate surface area is 132 Å². The third-order valence-corrected chi connectivity index (χ3v) is 4.50. The number of likely N-dealkylation sites (tertiary alicyclic amines) is 1. The topological polar surface area (TPSA) is 29.5 Å². The van der Waals surface area contributed by atoms with Crippen LogP contribution in [0.25, 0.3) is 0 Å². The molecule has 1 saturated heterocycles. The Morgan fingerprint density at radius 3 is 2.33 bits per heavy atom. The number of carbonyl (C=O) groups excluding carboxylic acids is 1. The molecule has 0 atom stereocenters. The maximum absolute atomic E-state index is 12.2. The zero-order valence-electron chi connectivity index (χ0n) is 13.0. The van der Waals surface area contributed by atoms with Gasteiger partial charge in [-0.25, -0.2) is 0 Å². The summed E-state index contributed by atoms with van der Waals surface area (Å²) in [5.41, 5.74) is 1.17. The molecule has 4 heteroatoms. The molecule has 3 nitrogen and oxygen atoms in total. The van der Waals surface area contributed by atoms with Gasteiger partial charge in [-0.3, -0.25) is 4.79 Å². The SMILES string of the molecule is CC(C)Oc1ccc(CSC(=O)N2CCCCCC2)cc1. The van der Waals surface area contributed by atoms with Crippen LogP contribution in [0.15, 0.2) is 24.3 Å². The highest BCUT2D eigenvalue weighted by molar-refractivity contribution is 8.12. The lowest BCUT2D eigenvalue weighted by Gasteiger charge is -2.19. The number of ether oxygens (including phenoxy) is 1. The van der Waals surface area contributed by atoms with E-state index in [1.54, 1.807) is 0 Å². The van der Waals surface area contributed by atoms with E-state index in [1.165, 1.54) is 30.2 Å². The Morgan fingerprint density at radius 1 is 1.14 bits per heavy atom. The summed E-state index contributed by atoms with van der Waals surface area (Å²) >= 11 is 1.41. The standard InChI is InChI=1S/C17H25NO2S/c1-14(2)20-16-9-7-15(8-10-16)13-21-17(19)18-11-5-3-4-6-12-18/h7-10,14H,3-6,11-13H2,1-2H3. The molecule has 1 aliphatic heterocycles. The molecule has 1 aromatic carbocycles. The van der Waals surface area contributed by atoms with Crippen molar-refractivity contribution < 1.29 is 9.53 Å². The Kier molecular flexibility index (Phi) is 6.43. The zero-order valence-corrected chi connectivity index (χ0v) is 13.8. The van der Waals surface area contributed by atoms with Gasteiger partial charge >= 0.3 is 0 Å². The van der Waals surface area contributed by atoms with Gasteiger partial charge in [-0.05, 0) is 44.4 Å². The van der Waals surface area contributed by atoms with Crippen LogP contribution in [0.1, 0.15) is 45.1 Å². The number of hydrogen-bond acceptors (Lipinski definition) is 3. The molecule has 0 saturated carbocycles. The first-order valence-electron chi connectivity index (χ1n) is 7.82. The normalized spacial score (nSPS) is 15.9. The van der Waals surface area contributed by atoms with Crippen LogP contribution in [-0.4, -0.2) is 29.3 Å². The lowest BCUT2D eigenvalue weighted by Crippen LogP contribution is -2.28. The number of nitrogens with zero attached hydrogens (tertiary/aromatic N) is 1. The molecule has 0 bridgehead atoms. The molecule has 1 aromatic rings. The van der Waals surface area contributed by atoms with Gasteiger partial charge in [0, 0.05) is 18.8 Å². The number of benzene rings is 1. The summed E-state index contributed by atoms with van der Waals surface area (Å²) in [4.78, 5) is 14.2. The van der Waals surface area contributed by atoms with Crippen LogP contribution in [0.4, 0.5) is 4.79 Å². The predicted octanol–water partition coefficient (Wildman–Crippen LogP) is 4.70. The van der Waals surface area contributed by atoms with E-state index in [2.05, 4.69) is 0 Å². The molecule has 0 unspecified atom stereocenters. The fourth-order valence-corrected chi connectivity index (χ4v) is 3.27. The second kappa shape index (κ2) is 8.32. The van der Waals surface area contributed by atoms with E-state index in [1.807, 2.05) is 43.0 Å². The van der Waals surface area contributed by atoms with Gasteiger partial charge in [-0.1, -0.05) is 36.7 Å². The average Bonchev–Trinajstić information content (AvgIpc) is 2.75. The highest BCUT2D eigenvalue weighted by atomic mass is 32.2. The summed E-state index contributed by atoms with van der Waals surface area (Å²) in [5, 5.41) is 0.222. The maximum Gasteiger partial charge on any atom is 0.281 e. The number of thioether (sulfide) groups is 1. The van der Waals surface area contributed by atoms with Crippen molar-refractivity contribution in [2.75, 3.05) is 13.1 Å². The summed E-state index contributed by atoms with van der Waals surface area (Å²) in [6, 6.07) is 8.04. The zero-order chi connectivity index (χ0) is 15.1. The maximum atomic E-state index is 12.2. The lowest BCUT2D eigenvalue weighted by atomic mass is 10.2. The second-order valence-corrected chi connectivity index (χ2v) is 6.69. The van der Waals surface area contributed by atoms with Crippen LogP contribution in [-0.2, 0) is 5.75 Å².